The molecule has 0 bridgehead atoms. The molecule has 1 fully saturated rings. The van der Waals surface area contributed by atoms with Crippen molar-refractivity contribution in [3.8, 4) is 5.75 Å². The van der Waals surface area contributed by atoms with Crippen molar-refractivity contribution < 1.29 is 24.2 Å². The van der Waals surface area contributed by atoms with E-state index in [4.69, 9.17) is 4.74 Å². The highest BCUT2D eigenvalue weighted by Crippen LogP contribution is 2.43. The molecule has 2 amide bonds. The van der Waals surface area contributed by atoms with Gasteiger partial charge in [-0.1, -0.05) is 37.3 Å². The minimum Gasteiger partial charge on any atom is -0.507 e. The molecule has 4 rings (SSSR count). The number of benzene rings is 3. The first kappa shape index (κ1) is 24.7. The van der Waals surface area contributed by atoms with Crippen molar-refractivity contribution in [3.05, 3.63) is 94.6 Å². The van der Waals surface area contributed by atoms with E-state index in [1.165, 1.54) is 11.8 Å². The zero-order valence-corrected chi connectivity index (χ0v) is 20.7. The van der Waals surface area contributed by atoms with Crippen molar-refractivity contribution >= 4 is 34.7 Å². The highest BCUT2D eigenvalue weighted by Gasteiger charge is 2.47. The molecular weight excluding hydrogens is 456 g/mol. The Balaban J connectivity index is 1.92. The zero-order chi connectivity index (χ0) is 26.0. The predicted octanol–water partition coefficient (Wildman–Crippen LogP) is 5.15. The first-order valence-electron chi connectivity index (χ1n) is 11.7. The molecule has 0 saturated carbocycles. The summed E-state index contributed by atoms with van der Waals surface area (Å²) in [5, 5.41) is 14.1. The summed E-state index contributed by atoms with van der Waals surface area (Å²) in [5.74, 6) is -1.43. The van der Waals surface area contributed by atoms with Crippen molar-refractivity contribution in [2.24, 2.45) is 0 Å². The van der Waals surface area contributed by atoms with E-state index in [0.717, 1.165) is 12.0 Å². The summed E-state index contributed by atoms with van der Waals surface area (Å²) in [4.78, 5) is 39.8. The molecule has 1 unspecified atom stereocenters. The van der Waals surface area contributed by atoms with Gasteiger partial charge in [0.15, 0.2) is 0 Å². The van der Waals surface area contributed by atoms with Gasteiger partial charge in [-0.15, -0.1) is 0 Å². The van der Waals surface area contributed by atoms with E-state index in [0.29, 0.717) is 33.8 Å². The predicted molar refractivity (Wildman–Crippen MR) is 139 cm³/mol. The van der Waals surface area contributed by atoms with Gasteiger partial charge in [0.05, 0.1) is 18.7 Å². The number of aliphatic hydroxyl groups excluding tert-OH is 1. The Bertz CT molecular complexity index is 1370. The molecule has 0 aromatic heterocycles. The largest absolute Gasteiger partial charge is 0.507 e. The van der Waals surface area contributed by atoms with Crippen LogP contribution in [-0.2, 0) is 20.8 Å². The molecule has 7 nitrogen and oxygen atoms in total. The van der Waals surface area contributed by atoms with Crippen LogP contribution in [0.4, 0.5) is 11.4 Å². The van der Waals surface area contributed by atoms with Crippen LogP contribution in [0.2, 0.25) is 0 Å². The van der Waals surface area contributed by atoms with Crippen molar-refractivity contribution in [3.63, 3.8) is 0 Å². The number of carbonyl (C=O) groups excluding carboxylic acids is 3. The molecule has 184 valence electrons. The van der Waals surface area contributed by atoms with Crippen molar-refractivity contribution in [2.75, 3.05) is 17.3 Å². The molecule has 1 atom stereocenters. The van der Waals surface area contributed by atoms with Crippen LogP contribution in [0.5, 0.6) is 5.75 Å². The number of hydrogen-bond acceptors (Lipinski definition) is 5. The van der Waals surface area contributed by atoms with Crippen LogP contribution in [-0.4, -0.2) is 29.8 Å². The molecule has 0 radical (unpaired) electrons. The van der Waals surface area contributed by atoms with E-state index >= 15 is 0 Å². The summed E-state index contributed by atoms with van der Waals surface area (Å²) in [7, 11) is 1.55. The van der Waals surface area contributed by atoms with Gasteiger partial charge < -0.3 is 15.2 Å². The normalized spacial score (nSPS) is 16.8. The van der Waals surface area contributed by atoms with E-state index in [-0.39, 0.29) is 17.2 Å². The average molecular weight is 485 g/mol. The molecule has 2 N–H and O–H groups in total. The van der Waals surface area contributed by atoms with Gasteiger partial charge in [0, 0.05) is 23.9 Å². The number of aryl methyl sites for hydroxylation is 2. The number of rotatable bonds is 6. The topological polar surface area (TPSA) is 95.9 Å². The lowest BCUT2D eigenvalue weighted by Gasteiger charge is -2.26. The number of methoxy groups -OCH3 is 1. The van der Waals surface area contributed by atoms with Gasteiger partial charge in [0.25, 0.3) is 11.7 Å². The summed E-state index contributed by atoms with van der Waals surface area (Å²) in [6.45, 7) is 5.24. The van der Waals surface area contributed by atoms with Crippen LogP contribution in [0.1, 0.15) is 42.1 Å². The minimum absolute atomic E-state index is 0.00226. The van der Waals surface area contributed by atoms with Gasteiger partial charge in [-0.25, -0.2) is 0 Å². The monoisotopic (exact) mass is 484 g/mol. The van der Waals surface area contributed by atoms with Gasteiger partial charge in [0.1, 0.15) is 11.5 Å². The molecular formula is C29H28N2O5. The molecule has 1 aliphatic rings. The Kier molecular flexibility index (Phi) is 6.92. The number of carbonyl (C=O) groups is 3. The Morgan fingerprint density at radius 1 is 1.06 bits per heavy atom. The number of anilines is 2. The van der Waals surface area contributed by atoms with Gasteiger partial charge >= 0.3 is 0 Å². The van der Waals surface area contributed by atoms with Gasteiger partial charge in [-0.3, -0.25) is 19.3 Å². The molecule has 1 aliphatic heterocycles. The lowest BCUT2D eigenvalue weighted by Crippen LogP contribution is -2.29. The van der Waals surface area contributed by atoms with E-state index in [9.17, 15) is 19.5 Å². The van der Waals surface area contributed by atoms with Crippen molar-refractivity contribution in [1.82, 2.24) is 0 Å². The first-order chi connectivity index (χ1) is 17.2. The van der Waals surface area contributed by atoms with Crippen LogP contribution >= 0.6 is 0 Å². The van der Waals surface area contributed by atoms with Crippen LogP contribution in [0.15, 0.2) is 72.3 Å². The molecule has 1 heterocycles. The third-order valence-corrected chi connectivity index (χ3v) is 6.28. The molecule has 7 heteroatoms. The number of ketones is 1. The molecule has 36 heavy (non-hydrogen) atoms. The second-order valence-corrected chi connectivity index (χ2v) is 8.68. The van der Waals surface area contributed by atoms with E-state index < -0.39 is 17.7 Å². The standard InChI is InChI=1S/C29H28N2O5/c1-5-19-9-11-20(12-10-19)26-25(27(33)24-14-13-23(36-4)15-17(24)2)28(34)29(35)31(26)22-8-6-7-21(16-22)30-18(3)32/h6-16,26,33H,5H2,1-4H3,(H,30,32)/b27-25-. The van der Waals surface area contributed by atoms with Crippen LogP contribution in [0.25, 0.3) is 5.76 Å². The maximum absolute atomic E-state index is 13.4. The number of nitrogens with one attached hydrogen (secondary N) is 1. The quantitative estimate of drug-likeness (QED) is 0.287. The summed E-state index contributed by atoms with van der Waals surface area (Å²) < 4.78 is 5.26. The van der Waals surface area contributed by atoms with Crippen molar-refractivity contribution in [1.29, 1.82) is 0 Å². The summed E-state index contributed by atoms with van der Waals surface area (Å²) in [6.07, 6.45) is 0.838. The van der Waals surface area contributed by atoms with Gasteiger partial charge in [0.2, 0.25) is 5.91 Å². The maximum Gasteiger partial charge on any atom is 0.300 e. The first-order valence-corrected chi connectivity index (χ1v) is 11.7. The minimum atomic E-state index is -0.856. The number of amides is 2. The SMILES string of the molecule is CCc1ccc(C2/C(=C(/O)c3ccc(OC)cc3C)C(=O)C(=O)N2c2cccc(NC(C)=O)c2)cc1. The molecule has 0 spiro atoms. The second kappa shape index (κ2) is 10.1. The summed E-state index contributed by atoms with van der Waals surface area (Å²) >= 11 is 0. The maximum atomic E-state index is 13.4. The van der Waals surface area contributed by atoms with E-state index in [1.807, 2.05) is 31.2 Å². The average Bonchev–Trinajstić information content (AvgIpc) is 3.13. The summed E-state index contributed by atoms with van der Waals surface area (Å²) in [5.41, 5.74) is 3.86. The number of aliphatic hydroxyl groups is 1. The number of Topliss-reactive ketones (excluding diaryl/α,β-unsaturated/α-hetero) is 1. The fraction of sp³-hybridized carbons (Fsp3) is 0.207. The number of hydrogen-bond donors (Lipinski definition) is 2. The van der Waals surface area contributed by atoms with Gasteiger partial charge in [-0.2, -0.15) is 0 Å². The molecule has 3 aromatic rings. The lowest BCUT2D eigenvalue weighted by molar-refractivity contribution is -0.132. The molecule has 1 saturated heterocycles. The Morgan fingerprint density at radius 3 is 2.39 bits per heavy atom. The Hall–Kier alpha value is -4.39. The van der Waals surface area contributed by atoms with Crippen LogP contribution in [0.3, 0.4) is 0 Å². The van der Waals surface area contributed by atoms with Crippen LogP contribution < -0.4 is 15.0 Å². The third-order valence-electron chi connectivity index (χ3n) is 6.28. The Labute approximate surface area is 210 Å². The fourth-order valence-corrected chi connectivity index (χ4v) is 4.46. The van der Waals surface area contributed by atoms with E-state index in [1.54, 1.807) is 56.5 Å². The zero-order valence-electron chi connectivity index (χ0n) is 20.7. The third kappa shape index (κ3) is 4.60. The molecule has 0 aliphatic carbocycles. The smallest absolute Gasteiger partial charge is 0.300 e. The molecule has 3 aromatic carbocycles. The van der Waals surface area contributed by atoms with Crippen molar-refractivity contribution in [2.45, 2.75) is 33.2 Å². The second-order valence-electron chi connectivity index (χ2n) is 8.68. The number of ether oxygens (including phenoxy) is 1. The summed E-state index contributed by atoms with van der Waals surface area (Å²) in [6, 6.07) is 18.6. The van der Waals surface area contributed by atoms with Gasteiger partial charge in [-0.05, 0) is 66.4 Å². The number of nitrogens with zero attached hydrogens (tertiary/aromatic N) is 1. The van der Waals surface area contributed by atoms with E-state index in [2.05, 4.69) is 5.32 Å². The highest BCUT2D eigenvalue weighted by molar-refractivity contribution is 6.51. The lowest BCUT2D eigenvalue weighted by atomic mass is 9.93. The Morgan fingerprint density at radius 2 is 1.78 bits per heavy atom. The highest BCUT2D eigenvalue weighted by atomic mass is 16.5. The van der Waals surface area contributed by atoms with Crippen LogP contribution in [0, 0.1) is 6.92 Å². The fourth-order valence-electron chi connectivity index (χ4n) is 4.46.